The maximum absolute atomic E-state index is 12.9. The summed E-state index contributed by atoms with van der Waals surface area (Å²) >= 11 is 0. The Bertz CT molecular complexity index is 1090. The molecule has 3 N–H and O–H groups in total. The first-order chi connectivity index (χ1) is 15.2. The van der Waals surface area contributed by atoms with Gasteiger partial charge in [-0.05, 0) is 36.2 Å². The van der Waals surface area contributed by atoms with Crippen LogP contribution < -0.4 is 20.1 Å². The molecule has 168 valence electrons. The lowest BCUT2D eigenvalue weighted by molar-refractivity contribution is -0.386. The number of phenols is 1. The number of benzene rings is 2. The van der Waals surface area contributed by atoms with Crippen LogP contribution in [0.25, 0.3) is 0 Å². The number of aromatic hydroxyl groups is 1. The van der Waals surface area contributed by atoms with Gasteiger partial charge in [0.1, 0.15) is 12.4 Å². The van der Waals surface area contributed by atoms with Gasteiger partial charge in [0.2, 0.25) is 5.75 Å². The molecular weight excluding hydrogens is 422 g/mol. The molecule has 0 radical (unpaired) electrons. The fourth-order valence-corrected chi connectivity index (χ4v) is 3.24. The standard InChI is InChI=1S/C21H21N3O8/c1-11-17(20(26)32-10-12-4-6-14(30-2)7-5-12)18(23-21(27)22-11)13-8-15(24(28)29)19(25)16(9-13)31-3/h4-9,18,25H,10H2,1-3H3,(H2,22,23,27)/t18-/m0/s1. The number of hydrogen-bond acceptors (Lipinski definition) is 8. The van der Waals surface area contributed by atoms with Gasteiger partial charge < -0.3 is 30.0 Å². The summed E-state index contributed by atoms with van der Waals surface area (Å²) in [4.78, 5) is 35.6. The van der Waals surface area contributed by atoms with E-state index in [1.54, 1.807) is 24.3 Å². The van der Waals surface area contributed by atoms with Gasteiger partial charge in [-0.15, -0.1) is 0 Å². The lowest BCUT2D eigenvalue weighted by atomic mass is 9.94. The summed E-state index contributed by atoms with van der Waals surface area (Å²) in [5.41, 5.74) is 0.532. The van der Waals surface area contributed by atoms with Crippen LogP contribution in [0.15, 0.2) is 47.7 Å². The van der Waals surface area contributed by atoms with Crippen molar-refractivity contribution in [2.45, 2.75) is 19.6 Å². The van der Waals surface area contributed by atoms with E-state index in [2.05, 4.69) is 10.6 Å². The van der Waals surface area contributed by atoms with Gasteiger partial charge in [0.05, 0.1) is 30.8 Å². The maximum atomic E-state index is 12.9. The molecule has 1 aliphatic heterocycles. The molecular formula is C21H21N3O8. The fraction of sp³-hybridized carbons (Fsp3) is 0.238. The molecule has 1 aliphatic rings. The van der Waals surface area contributed by atoms with E-state index < -0.39 is 34.4 Å². The van der Waals surface area contributed by atoms with E-state index in [9.17, 15) is 24.8 Å². The molecule has 11 heteroatoms. The highest BCUT2D eigenvalue weighted by atomic mass is 16.6. The first kappa shape index (κ1) is 22.4. The molecule has 0 bridgehead atoms. The van der Waals surface area contributed by atoms with Gasteiger partial charge in [0.25, 0.3) is 0 Å². The monoisotopic (exact) mass is 443 g/mol. The number of nitro groups is 1. The second-order valence-electron chi connectivity index (χ2n) is 6.84. The lowest BCUT2D eigenvalue weighted by Gasteiger charge is -2.28. The molecule has 11 nitrogen and oxygen atoms in total. The molecule has 32 heavy (non-hydrogen) atoms. The van der Waals surface area contributed by atoms with Crippen molar-refractivity contribution in [2.24, 2.45) is 0 Å². The number of rotatable bonds is 7. The lowest BCUT2D eigenvalue weighted by Crippen LogP contribution is -2.45. The zero-order chi connectivity index (χ0) is 23.4. The number of carbonyl (C=O) groups is 2. The maximum Gasteiger partial charge on any atom is 0.338 e. The number of nitro benzene ring substituents is 1. The van der Waals surface area contributed by atoms with Crippen molar-refractivity contribution in [3.05, 3.63) is 68.9 Å². The third-order valence-corrected chi connectivity index (χ3v) is 4.85. The summed E-state index contributed by atoms with van der Waals surface area (Å²) in [7, 11) is 2.77. The zero-order valence-corrected chi connectivity index (χ0v) is 17.5. The minimum Gasteiger partial charge on any atom is -0.500 e. The summed E-state index contributed by atoms with van der Waals surface area (Å²) in [6.45, 7) is 1.47. The van der Waals surface area contributed by atoms with Crippen molar-refractivity contribution in [3.63, 3.8) is 0 Å². The van der Waals surface area contributed by atoms with Crippen LogP contribution in [0.3, 0.4) is 0 Å². The number of urea groups is 1. The summed E-state index contributed by atoms with van der Waals surface area (Å²) in [5.74, 6) is -0.914. The third-order valence-electron chi connectivity index (χ3n) is 4.85. The molecule has 0 aromatic heterocycles. The highest BCUT2D eigenvalue weighted by molar-refractivity contribution is 5.95. The number of ether oxygens (including phenoxy) is 3. The summed E-state index contributed by atoms with van der Waals surface area (Å²) in [5, 5.41) is 26.4. The number of esters is 1. The van der Waals surface area contributed by atoms with Crippen LogP contribution in [-0.2, 0) is 16.1 Å². The second kappa shape index (κ2) is 9.25. The number of amides is 2. The van der Waals surface area contributed by atoms with E-state index in [1.165, 1.54) is 27.2 Å². The van der Waals surface area contributed by atoms with Crippen LogP contribution in [0.2, 0.25) is 0 Å². The van der Waals surface area contributed by atoms with E-state index in [4.69, 9.17) is 14.2 Å². The highest BCUT2D eigenvalue weighted by Gasteiger charge is 2.34. The van der Waals surface area contributed by atoms with Gasteiger partial charge in [0, 0.05) is 11.8 Å². The Morgan fingerprint density at radius 3 is 2.47 bits per heavy atom. The SMILES string of the molecule is COc1ccc(COC(=O)C2=C(C)NC(=O)N[C@H]2c2cc(OC)c(O)c([N+](=O)[O-])c2)cc1. The van der Waals surface area contributed by atoms with E-state index >= 15 is 0 Å². The Balaban J connectivity index is 1.93. The van der Waals surface area contributed by atoms with Crippen LogP contribution in [0, 0.1) is 10.1 Å². The topological polar surface area (TPSA) is 149 Å². The van der Waals surface area contributed by atoms with Gasteiger partial charge in [-0.3, -0.25) is 10.1 Å². The van der Waals surface area contributed by atoms with Gasteiger partial charge in [-0.2, -0.15) is 0 Å². The molecule has 0 fully saturated rings. The predicted molar refractivity (Wildman–Crippen MR) is 111 cm³/mol. The van der Waals surface area contributed by atoms with Crippen LogP contribution in [-0.4, -0.2) is 36.2 Å². The van der Waals surface area contributed by atoms with Gasteiger partial charge in [0.15, 0.2) is 5.75 Å². The molecule has 2 aromatic carbocycles. The van der Waals surface area contributed by atoms with Gasteiger partial charge in [-0.25, -0.2) is 9.59 Å². The van der Waals surface area contributed by atoms with Crippen LogP contribution in [0.1, 0.15) is 24.1 Å². The smallest absolute Gasteiger partial charge is 0.338 e. The van der Waals surface area contributed by atoms with E-state index in [-0.39, 0.29) is 29.2 Å². The van der Waals surface area contributed by atoms with Crippen LogP contribution in [0.5, 0.6) is 17.2 Å². The predicted octanol–water partition coefficient (Wildman–Crippen LogP) is 2.69. The second-order valence-corrected chi connectivity index (χ2v) is 6.84. The molecule has 2 aromatic rings. The fourth-order valence-electron chi connectivity index (χ4n) is 3.24. The van der Waals surface area contributed by atoms with Crippen molar-refractivity contribution < 1.29 is 33.8 Å². The van der Waals surface area contributed by atoms with Crippen molar-refractivity contribution >= 4 is 17.7 Å². The Labute approximate surface area is 182 Å². The van der Waals surface area contributed by atoms with Crippen molar-refractivity contribution in [2.75, 3.05) is 14.2 Å². The minimum atomic E-state index is -1.07. The number of hydrogen-bond donors (Lipinski definition) is 3. The minimum absolute atomic E-state index is 0.0423. The molecule has 0 unspecified atom stereocenters. The largest absolute Gasteiger partial charge is 0.500 e. The molecule has 3 rings (SSSR count). The first-order valence-electron chi connectivity index (χ1n) is 9.38. The number of allylic oxidation sites excluding steroid dienone is 1. The van der Waals surface area contributed by atoms with Gasteiger partial charge >= 0.3 is 17.7 Å². The number of methoxy groups -OCH3 is 2. The Kier molecular flexibility index (Phi) is 6.47. The molecule has 0 saturated carbocycles. The van der Waals surface area contributed by atoms with E-state index in [0.29, 0.717) is 11.3 Å². The quantitative estimate of drug-likeness (QED) is 0.336. The molecule has 2 amide bonds. The van der Waals surface area contributed by atoms with Gasteiger partial charge in [-0.1, -0.05) is 12.1 Å². The van der Waals surface area contributed by atoms with Crippen molar-refractivity contribution in [1.29, 1.82) is 0 Å². The molecule has 0 aliphatic carbocycles. The van der Waals surface area contributed by atoms with Crippen molar-refractivity contribution in [1.82, 2.24) is 10.6 Å². The molecule has 1 heterocycles. The number of nitrogens with one attached hydrogen (secondary N) is 2. The van der Waals surface area contributed by atoms with Crippen LogP contribution in [0.4, 0.5) is 10.5 Å². The molecule has 1 atom stereocenters. The van der Waals surface area contributed by atoms with E-state index in [1.807, 2.05) is 0 Å². The van der Waals surface area contributed by atoms with E-state index in [0.717, 1.165) is 6.07 Å². The molecule has 0 spiro atoms. The normalized spacial score (nSPS) is 15.5. The first-order valence-corrected chi connectivity index (χ1v) is 9.38. The van der Waals surface area contributed by atoms with Crippen LogP contribution >= 0.6 is 0 Å². The zero-order valence-electron chi connectivity index (χ0n) is 17.5. The summed E-state index contributed by atoms with van der Waals surface area (Å²) in [6, 6.07) is 7.62. The average Bonchev–Trinajstić information content (AvgIpc) is 2.77. The number of carbonyl (C=O) groups excluding carboxylic acids is 2. The Morgan fingerprint density at radius 1 is 1.19 bits per heavy atom. The average molecular weight is 443 g/mol. The third kappa shape index (κ3) is 4.56. The summed E-state index contributed by atoms with van der Waals surface area (Å²) in [6.07, 6.45) is 0. The number of phenolic OH excluding ortho intramolecular Hbond substituents is 1. The number of nitrogens with zero attached hydrogens (tertiary/aromatic N) is 1. The highest BCUT2D eigenvalue weighted by Crippen LogP contribution is 2.40. The molecule has 0 saturated heterocycles. The van der Waals surface area contributed by atoms with Crippen molar-refractivity contribution in [3.8, 4) is 17.2 Å². The Morgan fingerprint density at radius 2 is 1.88 bits per heavy atom. The Hall–Kier alpha value is -4.28. The summed E-state index contributed by atoms with van der Waals surface area (Å²) < 4.78 is 15.5.